The number of rotatable bonds is 3. The van der Waals surface area contributed by atoms with Crippen molar-refractivity contribution in [1.29, 1.82) is 0 Å². The Bertz CT molecular complexity index is 386. The molecule has 0 aromatic carbocycles. The monoisotopic (exact) mass is 242 g/mol. The van der Waals surface area contributed by atoms with Gasteiger partial charge in [0.1, 0.15) is 0 Å². The van der Waals surface area contributed by atoms with Crippen LogP contribution in [0.2, 0.25) is 0 Å². The van der Waals surface area contributed by atoms with Gasteiger partial charge in [0.15, 0.2) is 0 Å². The molecule has 4 bridgehead atoms. The Balaban J connectivity index is 1.43. The smallest absolute Gasteiger partial charge is 0.0312 e. The van der Waals surface area contributed by atoms with Crippen LogP contribution in [0.3, 0.4) is 0 Å². The number of pyridine rings is 1. The van der Waals surface area contributed by atoms with E-state index in [1.165, 1.54) is 31.2 Å². The van der Waals surface area contributed by atoms with Crippen LogP contribution in [0, 0.1) is 23.7 Å². The van der Waals surface area contributed by atoms with E-state index in [2.05, 4.69) is 16.4 Å². The van der Waals surface area contributed by atoms with E-state index in [4.69, 9.17) is 0 Å². The summed E-state index contributed by atoms with van der Waals surface area (Å²) >= 11 is 0. The molecular formula is C16H22N2. The first-order valence-electron chi connectivity index (χ1n) is 7.51. The molecule has 0 amide bonds. The third-order valence-electron chi connectivity index (χ3n) is 5.49. The SMILES string of the molecule is c1cncc(CNC2C3CC4CC(C3)CC2C4)c1. The maximum atomic E-state index is 4.20. The van der Waals surface area contributed by atoms with Gasteiger partial charge in [0.05, 0.1) is 0 Å². The fourth-order valence-electron chi connectivity index (χ4n) is 5.00. The largest absolute Gasteiger partial charge is 0.309 e. The second kappa shape index (κ2) is 4.34. The average molecular weight is 242 g/mol. The van der Waals surface area contributed by atoms with Crippen molar-refractivity contribution >= 4 is 0 Å². The van der Waals surface area contributed by atoms with E-state index in [0.29, 0.717) is 0 Å². The van der Waals surface area contributed by atoms with Crippen LogP contribution >= 0.6 is 0 Å². The zero-order valence-corrected chi connectivity index (χ0v) is 10.9. The molecule has 0 aliphatic heterocycles. The highest BCUT2D eigenvalue weighted by molar-refractivity contribution is 5.09. The summed E-state index contributed by atoms with van der Waals surface area (Å²) in [5.74, 6) is 4.09. The molecule has 4 fully saturated rings. The van der Waals surface area contributed by atoms with Crippen molar-refractivity contribution in [3.05, 3.63) is 30.1 Å². The zero-order valence-electron chi connectivity index (χ0n) is 10.9. The van der Waals surface area contributed by atoms with E-state index in [0.717, 1.165) is 36.3 Å². The molecule has 4 saturated carbocycles. The molecule has 0 unspecified atom stereocenters. The van der Waals surface area contributed by atoms with Crippen molar-refractivity contribution in [2.75, 3.05) is 0 Å². The van der Waals surface area contributed by atoms with Crippen molar-refractivity contribution in [1.82, 2.24) is 10.3 Å². The molecule has 2 heteroatoms. The second-order valence-corrected chi connectivity index (χ2v) is 6.70. The van der Waals surface area contributed by atoms with Crippen molar-refractivity contribution in [2.24, 2.45) is 23.7 Å². The predicted octanol–water partition coefficient (Wildman–Crippen LogP) is 3.00. The Morgan fingerprint density at radius 3 is 2.39 bits per heavy atom. The summed E-state index contributed by atoms with van der Waals surface area (Å²) in [6.07, 6.45) is 11.4. The maximum Gasteiger partial charge on any atom is 0.0312 e. The lowest BCUT2D eigenvalue weighted by Gasteiger charge is -2.54. The molecular weight excluding hydrogens is 220 g/mol. The lowest BCUT2D eigenvalue weighted by molar-refractivity contribution is -0.0142. The Morgan fingerprint density at radius 2 is 1.78 bits per heavy atom. The Labute approximate surface area is 109 Å². The highest BCUT2D eigenvalue weighted by Gasteiger charge is 2.47. The maximum absolute atomic E-state index is 4.20. The zero-order chi connectivity index (χ0) is 11.9. The minimum atomic E-state index is 0.790. The Kier molecular flexibility index (Phi) is 2.65. The summed E-state index contributed by atoms with van der Waals surface area (Å²) in [6.45, 7) is 1.00. The minimum absolute atomic E-state index is 0.790. The van der Waals surface area contributed by atoms with Gasteiger partial charge >= 0.3 is 0 Å². The first-order valence-corrected chi connectivity index (χ1v) is 7.51. The van der Waals surface area contributed by atoms with E-state index >= 15 is 0 Å². The quantitative estimate of drug-likeness (QED) is 0.881. The second-order valence-electron chi connectivity index (χ2n) is 6.70. The third-order valence-corrected chi connectivity index (χ3v) is 5.49. The van der Waals surface area contributed by atoms with Crippen molar-refractivity contribution in [3.63, 3.8) is 0 Å². The van der Waals surface area contributed by atoms with Crippen LogP contribution in [-0.2, 0) is 6.54 Å². The van der Waals surface area contributed by atoms with Gasteiger partial charge in [0.2, 0.25) is 0 Å². The molecule has 2 nitrogen and oxygen atoms in total. The molecule has 4 aliphatic rings. The molecule has 0 radical (unpaired) electrons. The molecule has 4 aliphatic carbocycles. The summed E-state index contributed by atoms with van der Waals surface area (Å²) in [6, 6.07) is 5.00. The molecule has 1 N–H and O–H groups in total. The average Bonchev–Trinajstić information content (AvgIpc) is 2.38. The van der Waals surface area contributed by atoms with Crippen LogP contribution in [0.5, 0.6) is 0 Å². The Hall–Kier alpha value is -0.890. The fourth-order valence-corrected chi connectivity index (χ4v) is 5.00. The van der Waals surface area contributed by atoms with Gasteiger partial charge in [-0.2, -0.15) is 0 Å². The highest BCUT2D eigenvalue weighted by atomic mass is 14.9. The van der Waals surface area contributed by atoms with Crippen LogP contribution in [0.4, 0.5) is 0 Å². The van der Waals surface area contributed by atoms with E-state index < -0.39 is 0 Å². The number of nitrogens with one attached hydrogen (secondary N) is 1. The lowest BCUT2D eigenvalue weighted by atomic mass is 9.54. The van der Waals surface area contributed by atoms with Gasteiger partial charge < -0.3 is 5.32 Å². The van der Waals surface area contributed by atoms with Crippen LogP contribution in [0.1, 0.15) is 37.7 Å². The summed E-state index contributed by atoms with van der Waals surface area (Å²) in [5.41, 5.74) is 1.33. The standard InChI is InChI=1S/C16H22N2/c1-2-11(9-17-3-1)10-18-16-14-5-12-4-13(7-14)8-15(16)6-12/h1-3,9,12-16,18H,4-8,10H2. The molecule has 0 atom stereocenters. The van der Waals surface area contributed by atoms with Gasteiger partial charge in [0, 0.05) is 25.0 Å². The van der Waals surface area contributed by atoms with E-state index in [9.17, 15) is 0 Å². The fraction of sp³-hybridized carbons (Fsp3) is 0.688. The summed E-state index contributed by atoms with van der Waals surface area (Å²) < 4.78 is 0. The van der Waals surface area contributed by atoms with Crippen molar-refractivity contribution in [2.45, 2.75) is 44.7 Å². The molecule has 1 aromatic rings. The summed E-state index contributed by atoms with van der Waals surface area (Å²) in [5, 5.41) is 3.84. The van der Waals surface area contributed by atoms with Crippen LogP contribution in [-0.4, -0.2) is 11.0 Å². The number of hydrogen-bond donors (Lipinski definition) is 1. The number of aromatic nitrogens is 1. The first kappa shape index (κ1) is 11.0. The van der Waals surface area contributed by atoms with Crippen LogP contribution in [0.15, 0.2) is 24.5 Å². The lowest BCUT2D eigenvalue weighted by Crippen LogP contribution is -2.54. The van der Waals surface area contributed by atoms with E-state index in [1.807, 2.05) is 18.5 Å². The first-order chi connectivity index (χ1) is 8.88. The highest BCUT2D eigenvalue weighted by Crippen LogP contribution is 2.53. The minimum Gasteiger partial charge on any atom is -0.309 e. The normalized spacial score (nSPS) is 41.2. The van der Waals surface area contributed by atoms with Gasteiger partial charge in [0.25, 0.3) is 0 Å². The molecule has 5 rings (SSSR count). The molecule has 96 valence electrons. The van der Waals surface area contributed by atoms with Crippen LogP contribution < -0.4 is 5.32 Å². The summed E-state index contributed by atoms with van der Waals surface area (Å²) in [4.78, 5) is 4.20. The van der Waals surface area contributed by atoms with E-state index in [1.54, 1.807) is 6.42 Å². The van der Waals surface area contributed by atoms with Crippen molar-refractivity contribution < 1.29 is 0 Å². The number of hydrogen-bond acceptors (Lipinski definition) is 2. The Morgan fingerprint density at radius 1 is 1.06 bits per heavy atom. The molecule has 0 saturated heterocycles. The third kappa shape index (κ3) is 1.87. The number of nitrogens with zero attached hydrogens (tertiary/aromatic N) is 1. The van der Waals surface area contributed by atoms with Gasteiger partial charge in [-0.1, -0.05) is 6.07 Å². The van der Waals surface area contributed by atoms with Crippen LogP contribution in [0.25, 0.3) is 0 Å². The molecule has 1 aromatic heterocycles. The molecule has 18 heavy (non-hydrogen) atoms. The predicted molar refractivity (Wildman–Crippen MR) is 71.9 cm³/mol. The summed E-state index contributed by atoms with van der Waals surface area (Å²) in [7, 11) is 0. The van der Waals surface area contributed by atoms with Gasteiger partial charge in [-0.15, -0.1) is 0 Å². The topological polar surface area (TPSA) is 24.9 Å². The molecule has 1 heterocycles. The molecule has 0 spiro atoms. The van der Waals surface area contributed by atoms with E-state index in [-0.39, 0.29) is 0 Å². The van der Waals surface area contributed by atoms with Gasteiger partial charge in [-0.05, 0) is 67.4 Å². The van der Waals surface area contributed by atoms with Gasteiger partial charge in [-0.25, -0.2) is 0 Å². The van der Waals surface area contributed by atoms with Gasteiger partial charge in [-0.3, -0.25) is 4.98 Å². The van der Waals surface area contributed by atoms with Crippen molar-refractivity contribution in [3.8, 4) is 0 Å².